The van der Waals surface area contributed by atoms with Gasteiger partial charge in [-0.25, -0.2) is 0 Å². The van der Waals surface area contributed by atoms with Crippen molar-refractivity contribution in [3.05, 3.63) is 22.3 Å². The summed E-state index contributed by atoms with van der Waals surface area (Å²) in [6, 6.07) is 0. The summed E-state index contributed by atoms with van der Waals surface area (Å²) in [6.45, 7) is 7.32. The highest BCUT2D eigenvalue weighted by molar-refractivity contribution is 6.06. The van der Waals surface area contributed by atoms with Gasteiger partial charge in [0, 0.05) is 24.5 Å². The third-order valence-electron chi connectivity index (χ3n) is 5.00. The lowest BCUT2D eigenvalue weighted by Gasteiger charge is -2.46. The van der Waals surface area contributed by atoms with Crippen LogP contribution in [-0.2, 0) is 9.63 Å². The topological polar surface area (TPSA) is 57.1 Å². The number of fused-ring (bicyclic) bond motifs is 1. The van der Waals surface area contributed by atoms with Crippen molar-refractivity contribution in [2.24, 2.45) is 5.16 Å². The molecule has 0 atom stereocenters. The average molecular weight is 317 g/mol. The Morgan fingerprint density at radius 2 is 1.87 bits per heavy atom. The molecule has 1 aromatic rings. The maximum atomic E-state index is 11.5. The van der Waals surface area contributed by atoms with E-state index in [1.54, 1.807) is 7.11 Å². The highest BCUT2D eigenvalue weighted by atomic mass is 16.6. The number of hydrogen-bond donors (Lipinski definition) is 0. The van der Waals surface area contributed by atoms with Crippen molar-refractivity contribution >= 4 is 11.7 Å². The van der Waals surface area contributed by atoms with E-state index in [-0.39, 0.29) is 11.6 Å². The first-order valence-corrected chi connectivity index (χ1v) is 8.00. The average Bonchev–Trinajstić information content (AvgIpc) is 2.47. The molecule has 1 spiro atoms. The van der Waals surface area contributed by atoms with E-state index in [1.807, 2.05) is 20.8 Å². The quantitative estimate of drug-likeness (QED) is 0.475. The highest BCUT2D eigenvalue weighted by Crippen LogP contribution is 2.49. The first-order valence-electron chi connectivity index (χ1n) is 8.00. The van der Waals surface area contributed by atoms with E-state index in [9.17, 15) is 4.79 Å². The maximum absolute atomic E-state index is 11.5. The van der Waals surface area contributed by atoms with Gasteiger partial charge in [0.1, 0.15) is 24.2 Å². The molecule has 0 unspecified atom stereocenters. The lowest BCUT2D eigenvalue weighted by atomic mass is 9.73. The highest BCUT2D eigenvalue weighted by Gasteiger charge is 2.46. The molecule has 124 valence electrons. The summed E-state index contributed by atoms with van der Waals surface area (Å²) in [5.41, 5.74) is 4.45. The van der Waals surface area contributed by atoms with Crippen LogP contribution >= 0.6 is 0 Å². The second-order valence-electron chi connectivity index (χ2n) is 6.54. The van der Waals surface area contributed by atoms with Crippen LogP contribution in [0.2, 0.25) is 0 Å². The largest absolute Gasteiger partial charge is 0.486 e. The van der Waals surface area contributed by atoms with E-state index in [1.165, 1.54) is 13.3 Å². The van der Waals surface area contributed by atoms with Crippen LogP contribution in [0.3, 0.4) is 0 Å². The fraction of sp³-hybridized carbons (Fsp3) is 0.556. The zero-order valence-electron chi connectivity index (χ0n) is 14.4. The van der Waals surface area contributed by atoms with Gasteiger partial charge in [0.25, 0.3) is 0 Å². The van der Waals surface area contributed by atoms with E-state index >= 15 is 0 Å². The first kappa shape index (κ1) is 15.8. The summed E-state index contributed by atoms with van der Waals surface area (Å²) in [4.78, 5) is 16.5. The van der Waals surface area contributed by atoms with Gasteiger partial charge in [-0.2, -0.15) is 0 Å². The molecule has 3 rings (SSSR count). The molecular formula is C18H23NO4. The van der Waals surface area contributed by atoms with Gasteiger partial charge in [0.05, 0.1) is 5.71 Å². The summed E-state index contributed by atoms with van der Waals surface area (Å²) >= 11 is 0. The van der Waals surface area contributed by atoms with Crippen LogP contribution in [0.1, 0.15) is 54.9 Å². The summed E-state index contributed by atoms with van der Waals surface area (Å²) in [5, 5.41) is 4.25. The standard InChI is InChI=1S/C18H23NO4/c1-10-11(2)17-15(12(3)16(10)22-13(4)20)14(19-21-5)9-18(23-17)7-6-8-18/h6-9H2,1-5H3/b19-14+. The number of ether oxygens (including phenoxy) is 2. The van der Waals surface area contributed by atoms with E-state index < -0.39 is 0 Å². The molecule has 1 heterocycles. The Kier molecular flexibility index (Phi) is 3.82. The zero-order valence-corrected chi connectivity index (χ0v) is 14.4. The lowest BCUT2D eigenvalue weighted by molar-refractivity contribution is -0.132. The molecule has 0 aromatic heterocycles. The van der Waals surface area contributed by atoms with Crippen molar-refractivity contribution in [1.29, 1.82) is 0 Å². The summed E-state index contributed by atoms with van der Waals surface area (Å²) in [6.07, 6.45) is 3.99. The fourth-order valence-electron chi connectivity index (χ4n) is 3.55. The third kappa shape index (κ3) is 2.48. The number of oxime groups is 1. The van der Waals surface area contributed by atoms with Gasteiger partial charge >= 0.3 is 5.97 Å². The SMILES string of the molecule is CO/N=C1\CC2(CCC2)Oc2c(C)c(C)c(OC(C)=O)c(C)c21. The predicted octanol–water partition coefficient (Wildman–Crippen LogP) is 3.59. The van der Waals surface area contributed by atoms with Crippen molar-refractivity contribution in [3.8, 4) is 11.5 Å². The van der Waals surface area contributed by atoms with Crippen LogP contribution < -0.4 is 9.47 Å². The Morgan fingerprint density at radius 1 is 1.17 bits per heavy atom. The molecule has 0 saturated heterocycles. The minimum absolute atomic E-state index is 0.142. The Labute approximate surface area is 136 Å². The van der Waals surface area contributed by atoms with E-state index in [2.05, 4.69) is 5.16 Å². The van der Waals surface area contributed by atoms with Gasteiger partial charge in [0.15, 0.2) is 0 Å². The molecule has 5 heteroatoms. The van der Waals surface area contributed by atoms with E-state index in [0.29, 0.717) is 5.75 Å². The number of carbonyl (C=O) groups is 1. The summed E-state index contributed by atoms with van der Waals surface area (Å²) in [5.74, 6) is 1.14. The monoisotopic (exact) mass is 317 g/mol. The predicted molar refractivity (Wildman–Crippen MR) is 87.3 cm³/mol. The van der Waals surface area contributed by atoms with Gasteiger partial charge < -0.3 is 14.3 Å². The number of carbonyl (C=O) groups excluding carboxylic acids is 1. The second-order valence-corrected chi connectivity index (χ2v) is 6.54. The molecule has 0 bridgehead atoms. The molecular weight excluding hydrogens is 294 g/mol. The van der Waals surface area contributed by atoms with Crippen LogP contribution in [0.5, 0.6) is 11.5 Å². The van der Waals surface area contributed by atoms with Crippen LogP contribution in [0.15, 0.2) is 5.16 Å². The van der Waals surface area contributed by atoms with Crippen LogP contribution in [-0.4, -0.2) is 24.4 Å². The third-order valence-corrected chi connectivity index (χ3v) is 5.00. The molecule has 1 aromatic carbocycles. The molecule has 2 aliphatic rings. The lowest BCUT2D eigenvalue weighted by Crippen LogP contribution is -2.48. The fourth-order valence-corrected chi connectivity index (χ4v) is 3.55. The number of hydrogen-bond acceptors (Lipinski definition) is 5. The normalized spacial score (nSPS) is 19.8. The smallest absolute Gasteiger partial charge is 0.308 e. The van der Waals surface area contributed by atoms with E-state index in [0.717, 1.165) is 53.0 Å². The molecule has 1 aliphatic carbocycles. The van der Waals surface area contributed by atoms with Gasteiger partial charge in [-0.15, -0.1) is 0 Å². The van der Waals surface area contributed by atoms with Gasteiger partial charge in [-0.05, 0) is 51.2 Å². The number of rotatable bonds is 2. The van der Waals surface area contributed by atoms with Crippen molar-refractivity contribution in [3.63, 3.8) is 0 Å². The molecule has 0 radical (unpaired) electrons. The van der Waals surface area contributed by atoms with Gasteiger partial charge in [-0.3, -0.25) is 4.79 Å². The number of esters is 1. The Hall–Kier alpha value is -2.04. The van der Waals surface area contributed by atoms with Crippen molar-refractivity contribution in [1.82, 2.24) is 0 Å². The van der Waals surface area contributed by atoms with Gasteiger partial charge in [-0.1, -0.05) is 5.16 Å². The number of benzene rings is 1. The van der Waals surface area contributed by atoms with Crippen molar-refractivity contribution < 1.29 is 19.1 Å². The molecule has 1 saturated carbocycles. The molecule has 1 fully saturated rings. The summed E-state index contributed by atoms with van der Waals surface area (Å²) < 4.78 is 11.9. The second kappa shape index (κ2) is 5.55. The van der Waals surface area contributed by atoms with Crippen LogP contribution in [0, 0.1) is 20.8 Å². The van der Waals surface area contributed by atoms with E-state index in [4.69, 9.17) is 14.3 Å². The minimum Gasteiger partial charge on any atom is -0.486 e. The summed E-state index contributed by atoms with van der Waals surface area (Å²) in [7, 11) is 1.55. The molecule has 5 nitrogen and oxygen atoms in total. The molecule has 0 amide bonds. The molecule has 1 aliphatic heterocycles. The first-order chi connectivity index (χ1) is 10.9. The Bertz CT molecular complexity index is 702. The van der Waals surface area contributed by atoms with Crippen LogP contribution in [0.25, 0.3) is 0 Å². The Morgan fingerprint density at radius 3 is 2.39 bits per heavy atom. The van der Waals surface area contributed by atoms with Crippen LogP contribution in [0.4, 0.5) is 0 Å². The molecule has 23 heavy (non-hydrogen) atoms. The number of nitrogens with zero attached hydrogens (tertiary/aromatic N) is 1. The maximum Gasteiger partial charge on any atom is 0.308 e. The van der Waals surface area contributed by atoms with Gasteiger partial charge in [0.2, 0.25) is 0 Å². The molecule has 0 N–H and O–H groups in total. The van der Waals surface area contributed by atoms with Crippen molar-refractivity contribution in [2.75, 3.05) is 7.11 Å². The zero-order chi connectivity index (χ0) is 16.8. The Balaban J connectivity index is 2.21. The van der Waals surface area contributed by atoms with Crippen molar-refractivity contribution in [2.45, 2.75) is 59.0 Å². The minimum atomic E-state index is -0.326.